The number of ether oxygens (including phenoxy) is 1. The van der Waals surface area contributed by atoms with Crippen molar-refractivity contribution in [1.82, 2.24) is 0 Å². The van der Waals surface area contributed by atoms with Crippen LogP contribution >= 0.6 is 0 Å². The van der Waals surface area contributed by atoms with Gasteiger partial charge in [-0.05, 0) is 41.8 Å². The summed E-state index contributed by atoms with van der Waals surface area (Å²) in [7, 11) is -13.4. The lowest BCUT2D eigenvalue weighted by molar-refractivity contribution is -0.697. The molecule has 0 saturated carbocycles. The van der Waals surface area contributed by atoms with Gasteiger partial charge in [0, 0.05) is 17.8 Å². The molecule has 0 fully saturated rings. The average Bonchev–Trinajstić information content (AvgIpc) is 2.90. The first-order valence-electron chi connectivity index (χ1n) is 11.4. The largest absolute Gasteiger partial charge is 0.480 e. The summed E-state index contributed by atoms with van der Waals surface area (Å²) < 4.78 is 116. The van der Waals surface area contributed by atoms with E-state index in [9.17, 15) is 52.8 Å². The van der Waals surface area contributed by atoms with E-state index in [-0.39, 0.29) is 0 Å². The first-order valence-corrected chi connectivity index (χ1v) is 14.3. The number of carbonyl (C=O) groups is 1. The molecule has 232 valence electrons. The zero-order valence-corrected chi connectivity index (χ0v) is 23.0. The van der Waals surface area contributed by atoms with E-state index >= 15 is 0 Å². The smallest absolute Gasteiger partial charge is 0.443 e. The number of nitrogens with zero attached hydrogens (tertiary/aromatic N) is 3. The van der Waals surface area contributed by atoms with Gasteiger partial charge in [-0.2, -0.15) is 31.3 Å². The van der Waals surface area contributed by atoms with Gasteiger partial charge in [0.1, 0.15) is 0 Å². The molecule has 2 aromatic carbocycles. The number of carbonyl (C=O) groups excluding carboxylic acids is 2. The average molecular weight is 655 g/mol. The number of isocyanates is 1. The van der Waals surface area contributed by atoms with Crippen molar-refractivity contribution >= 4 is 43.6 Å². The number of pyridine rings is 1. The Morgan fingerprint density at radius 1 is 0.837 bits per heavy atom. The zero-order valence-electron chi connectivity index (χ0n) is 21.4. The van der Waals surface area contributed by atoms with Crippen molar-refractivity contribution in [3.8, 4) is 0 Å². The topological polar surface area (TPSA) is 154 Å². The summed E-state index contributed by atoms with van der Waals surface area (Å²) in [5.74, 6) is 0. The number of nitrogens with one attached hydrogen (secondary N) is 1. The fourth-order valence-electron chi connectivity index (χ4n) is 2.88. The first-order chi connectivity index (χ1) is 19.9. The van der Waals surface area contributed by atoms with E-state index in [2.05, 4.69) is 10.3 Å². The summed E-state index contributed by atoms with van der Waals surface area (Å²) in [5.41, 5.74) is -8.94. The molecule has 0 saturated heterocycles. The van der Waals surface area contributed by atoms with Crippen LogP contribution in [0.1, 0.15) is 11.1 Å². The molecule has 3 rings (SSSR count). The van der Waals surface area contributed by atoms with Crippen molar-refractivity contribution in [2.45, 2.75) is 24.0 Å². The number of benzene rings is 2. The van der Waals surface area contributed by atoms with Crippen molar-refractivity contribution in [1.29, 1.82) is 0 Å². The maximum Gasteiger partial charge on any atom is 0.480 e. The van der Waals surface area contributed by atoms with Gasteiger partial charge >= 0.3 is 17.1 Å². The minimum absolute atomic E-state index is 0.294. The van der Waals surface area contributed by atoms with E-state index in [4.69, 9.17) is 4.74 Å². The Morgan fingerprint density at radius 3 is 1.79 bits per heavy atom. The third-order valence-corrected chi connectivity index (χ3v) is 7.60. The Bertz CT molecular complexity index is 1580. The monoisotopic (exact) mass is 654 g/mol. The van der Waals surface area contributed by atoms with E-state index < -0.39 is 37.2 Å². The molecule has 1 aromatic heterocycles. The van der Waals surface area contributed by atoms with Gasteiger partial charge in [-0.3, -0.25) is 5.32 Å². The number of anilines is 1. The fourth-order valence-corrected chi connectivity index (χ4v) is 4.59. The SMILES string of the molecule is O=C=Nc1ccc(Cc2ccc(NC(=O)OCC[n+]3ccccc3)cc2)cc1.O=S(=O)([N-]S(=O)(=O)C(F)(F)F)C(F)(F)F. The lowest BCUT2D eigenvalue weighted by Gasteiger charge is -2.22. The van der Waals surface area contributed by atoms with Crippen LogP contribution in [0.3, 0.4) is 0 Å². The van der Waals surface area contributed by atoms with Gasteiger partial charge < -0.3 is 8.86 Å². The molecule has 0 aliphatic carbocycles. The zero-order chi connectivity index (χ0) is 32.3. The maximum atomic E-state index is 11.9. The molecule has 0 aliphatic rings. The van der Waals surface area contributed by atoms with Gasteiger partial charge in [0.05, 0.1) is 5.69 Å². The van der Waals surface area contributed by atoms with E-state index in [1.807, 2.05) is 71.6 Å². The second-order valence-electron chi connectivity index (χ2n) is 8.03. The molecule has 1 heterocycles. The lowest BCUT2D eigenvalue weighted by Crippen LogP contribution is -2.35. The van der Waals surface area contributed by atoms with Gasteiger partial charge in [-0.15, -0.1) is 0 Å². The quantitative estimate of drug-likeness (QED) is 0.150. The molecule has 11 nitrogen and oxygen atoms in total. The summed E-state index contributed by atoms with van der Waals surface area (Å²) in [4.78, 5) is 25.7. The minimum atomic E-state index is -6.72. The molecular weight excluding hydrogens is 634 g/mol. The molecule has 0 atom stereocenters. The lowest BCUT2D eigenvalue weighted by atomic mass is 10.0. The van der Waals surface area contributed by atoms with Crippen LogP contribution in [-0.4, -0.2) is 46.6 Å². The second-order valence-corrected chi connectivity index (χ2v) is 11.5. The van der Waals surface area contributed by atoms with Gasteiger partial charge in [0.25, 0.3) is 0 Å². The van der Waals surface area contributed by atoms with Crippen LogP contribution in [0, 0.1) is 0 Å². The summed E-state index contributed by atoms with van der Waals surface area (Å²) >= 11 is 0. The molecule has 19 heteroatoms. The Kier molecular flexibility index (Phi) is 11.9. The molecule has 1 N–H and O–H groups in total. The highest BCUT2D eigenvalue weighted by molar-refractivity contribution is 8.13. The molecule has 1 amide bonds. The predicted octanol–water partition coefficient (Wildman–Crippen LogP) is 4.84. The number of sulfonamides is 2. The van der Waals surface area contributed by atoms with Gasteiger partial charge in [-0.25, -0.2) is 31.0 Å². The minimum Gasteiger partial charge on any atom is -0.443 e. The number of halogens is 6. The van der Waals surface area contributed by atoms with Crippen LogP contribution in [0.25, 0.3) is 4.13 Å². The van der Waals surface area contributed by atoms with Crippen LogP contribution in [0.2, 0.25) is 0 Å². The van der Waals surface area contributed by atoms with Crippen molar-refractivity contribution in [3.63, 3.8) is 0 Å². The standard InChI is InChI=1S/C22H19N3O3.C2F6NO4S2/c26-17-23-20-8-4-18(5-9-20)16-19-6-10-21(11-7-19)24-22(27)28-15-14-25-12-2-1-3-13-25;3-1(4,5)14(10,11)9-15(12,13)2(6,7)8/h1-13H,14-16H2;/q;-1/p+1. The molecule has 0 bridgehead atoms. The van der Waals surface area contributed by atoms with Crippen molar-refractivity contribution in [2.75, 3.05) is 11.9 Å². The first kappa shape index (κ1) is 34.9. The number of hydrogen-bond acceptors (Lipinski definition) is 8. The van der Waals surface area contributed by atoms with Crippen LogP contribution in [0.4, 0.5) is 42.5 Å². The maximum absolute atomic E-state index is 11.9. The van der Waals surface area contributed by atoms with Gasteiger partial charge in [0.15, 0.2) is 45.6 Å². The fraction of sp³-hybridized carbons (Fsp3) is 0.208. The predicted molar refractivity (Wildman–Crippen MR) is 138 cm³/mol. The second kappa shape index (κ2) is 14.7. The van der Waals surface area contributed by atoms with Crippen LogP contribution < -0.4 is 9.88 Å². The summed E-state index contributed by atoms with van der Waals surface area (Å²) in [6, 6.07) is 20.8. The summed E-state index contributed by atoms with van der Waals surface area (Å²) in [6.45, 7) is 0.896. The highest BCUT2D eigenvalue weighted by atomic mass is 32.3. The molecule has 3 aromatic rings. The molecule has 43 heavy (non-hydrogen) atoms. The van der Waals surface area contributed by atoms with Gasteiger partial charge in [0.2, 0.25) is 6.08 Å². The molecular formula is C24H20F6N4O7S2. The Balaban J connectivity index is 0.000000367. The van der Waals surface area contributed by atoms with Crippen LogP contribution in [0.15, 0.2) is 84.1 Å². The normalized spacial score (nSPS) is 11.9. The Hall–Kier alpha value is -4.32. The third-order valence-electron chi connectivity index (χ3n) is 4.86. The third kappa shape index (κ3) is 11.5. The van der Waals surface area contributed by atoms with Crippen molar-refractivity contribution < 1.29 is 62.1 Å². The number of rotatable bonds is 9. The molecule has 0 spiro atoms. The Labute approximate surface area is 240 Å². The number of amides is 1. The van der Waals surface area contributed by atoms with Gasteiger partial charge in [-0.1, -0.05) is 30.3 Å². The summed E-state index contributed by atoms with van der Waals surface area (Å²) in [6.07, 6.45) is 5.63. The van der Waals surface area contributed by atoms with Crippen molar-refractivity contribution in [2.24, 2.45) is 4.99 Å². The van der Waals surface area contributed by atoms with E-state index in [1.54, 1.807) is 12.1 Å². The van der Waals surface area contributed by atoms with Crippen LogP contribution in [0.5, 0.6) is 0 Å². The van der Waals surface area contributed by atoms with Crippen LogP contribution in [-0.2, 0) is 42.5 Å². The van der Waals surface area contributed by atoms with E-state index in [1.165, 1.54) is 6.08 Å². The molecule has 0 unspecified atom stereocenters. The number of aromatic nitrogens is 1. The molecule has 0 radical (unpaired) electrons. The number of hydrogen-bond donors (Lipinski definition) is 1. The van der Waals surface area contributed by atoms with Crippen molar-refractivity contribution in [3.05, 3.63) is 94.4 Å². The highest BCUT2D eigenvalue weighted by Crippen LogP contribution is 2.36. The summed E-state index contributed by atoms with van der Waals surface area (Å²) in [5, 5.41) is 2.72. The highest BCUT2D eigenvalue weighted by Gasteiger charge is 2.46. The molecule has 0 aliphatic heterocycles. The number of alkyl halides is 6. The van der Waals surface area contributed by atoms with E-state index in [0.29, 0.717) is 24.5 Å². The number of aliphatic imine (C=N–C) groups is 1. The Morgan fingerprint density at radius 2 is 1.33 bits per heavy atom. The van der Waals surface area contributed by atoms with E-state index in [0.717, 1.165) is 21.7 Å².